The summed E-state index contributed by atoms with van der Waals surface area (Å²) in [6.45, 7) is 1.47. The van der Waals surface area contributed by atoms with E-state index in [1.165, 1.54) is 12.1 Å². The Labute approximate surface area is 169 Å². The Kier molecular flexibility index (Phi) is 5.10. The van der Waals surface area contributed by atoms with E-state index >= 15 is 0 Å². The Bertz CT molecular complexity index is 968. The van der Waals surface area contributed by atoms with Gasteiger partial charge in [-0.2, -0.15) is 5.26 Å². The Morgan fingerprint density at radius 3 is 2.93 bits per heavy atom. The Morgan fingerprint density at radius 1 is 1.41 bits per heavy atom. The summed E-state index contributed by atoms with van der Waals surface area (Å²) >= 11 is 0. The van der Waals surface area contributed by atoms with E-state index in [1.54, 1.807) is 25.4 Å². The number of aromatic nitrogens is 1. The summed E-state index contributed by atoms with van der Waals surface area (Å²) in [6, 6.07) is 10.4. The summed E-state index contributed by atoms with van der Waals surface area (Å²) in [6.07, 6.45) is 4.62. The van der Waals surface area contributed by atoms with E-state index in [1.807, 2.05) is 6.07 Å². The van der Waals surface area contributed by atoms with Gasteiger partial charge in [-0.3, -0.25) is 9.78 Å². The molecule has 0 spiro atoms. The van der Waals surface area contributed by atoms with Crippen LogP contribution in [0, 0.1) is 23.1 Å². The smallest absolute Gasteiger partial charge is 0.270 e. The second-order valence-corrected chi connectivity index (χ2v) is 7.83. The topological polar surface area (TPSA) is 78.2 Å². The van der Waals surface area contributed by atoms with Crippen LogP contribution in [0.1, 0.15) is 35.3 Å². The second-order valence-electron chi connectivity index (χ2n) is 7.83. The van der Waals surface area contributed by atoms with Crippen LogP contribution in [-0.4, -0.2) is 36.6 Å². The number of pyridine rings is 1. The monoisotopic (exact) mass is 394 g/mol. The van der Waals surface area contributed by atoms with E-state index < -0.39 is 5.54 Å². The minimum Gasteiger partial charge on any atom is -0.496 e. The van der Waals surface area contributed by atoms with Crippen molar-refractivity contribution in [1.82, 2.24) is 10.3 Å². The van der Waals surface area contributed by atoms with Gasteiger partial charge in [0.05, 0.1) is 19.1 Å². The zero-order valence-corrected chi connectivity index (χ0v) is 16.3. The van der Waals surface area contributed by atoms with Crippen LogP contribution in [0.15, 0.2) is 36.5 Å². The van der Waals surface area contributed by atoms with Crippen molar-refractivity contribution in [3.8, 4) is 11.8 Å². The maximum absolute atomic E-state index is 13.7. The number of ether oxygens (including phenoxy) is 1. The summed E-state index contributed by atoms with van der Waals surface area (Å²) in [5, 5.41) is 12.2. The molecule has 2 aliphatic rings. The highest BCUT2D eigenvalue weighted by Crippen LogP contribution is 2.41. The van der Waals surface area contributed by atoms with Crippen molar-refractivity contribution in [3.05, 3.63) is 53.6 Å². The molecule has 1 atom stereocenters. The number of halogens is 1. The number of carbonyl (C=O) groups excluding carboxylic acids is 1. The van der Waals surface area contributed by atoms with Crippen LogP contribution < -0.4 is 15.0 Å². The number of hydrogen-bond acceptors (Lipinski definition) is 5. The molecule has 7 heteroatoms. The van der Waals surface area contributed by atoms with Crippen LogP contribution in [0.5, 0.6) is 5.75 Å². The van der Waals surface area contributed by atoms with Gasteiger partial charge in [0.25, 0.3) is 5.91 Å². The molecule has 1 amide bonds. The molecule has 0 bridgehead atoms. The van der Waals surface area contributed by atoms with Crippen LogP contribution in [0.2, 0.25) is 0 Å². The molecule has 1 aromatic carbocycles. The molecule has 1 aliphatic heterocycles. The van der Waals surface area contributed by atoms with E-state index in [9.17, 15) is 9.18 Å². The van der Waals surface area contributed by atoms with E-state index in [0.717, 1.165) is 37.1 Å². The fourth-order valence-electron chi connectivity index (χ4n) is 3.89. The normalized spacial score (nSPS) is 19.5. The maximum Gasteiger partial charge on any atom is 0.270 e. The molecule has 1 N–H and O–H groups in total. The summed E-state index contributed by atoms with van der Waals surface area (Å²) < 4.78 is 19.0. The average Bonchev–Trinajstić information content (AvgIpc) is 3.29. The largest absolute Gasteiger partial charge is 0.496 e. The van der Waals surface area contributed by atoms with Crippen molar-refractivity contribution in [2.75, 3.05) is 25.1 Å². The van der Waals surface area contributed by atoms with Crippen molar-refractivity contribution < 1.29 is 13.9 Å². The molecule has 29 heavy (non-hydrogen) atoms. The van der Waals surface area contributed by atoms with Crippen LogP contribution in [0.4, 0.5) is 10.1 Å². The highest BCUT2D eigenvalue weighted by molar-refractivity contribution is 5.94. The number of anilines is 1. The first-order valence-corrected chi connectivity index (χ1v) is 9.77. The summed E-state index contributed by atoms with van der Waals surface area (Å²) in [5.74, 6) is 0.0823. The average molecular weight is 394 g/mol. The van der Waals surface area contributed by atoms with Gasteiger partial charge in [-0.25, -0.2) is 4.39 Å². The number of nitriles is 1. The molecule has 6 nitrogen and oxygen atoms in total. The molecule has 2 heterocycles. The SMILES string of the molecule is COc1ccc(F)cc1CC1(NC(=O)c2cc(N3CC[C@H](C#N)C3)ccn2)CC1. The highest BCUT2D eigenvalue weighted by atomic mass is 19.1. The molecule has 1 saturated heterocycles. The Hall–Kier alpha value is -3.14. The third kappa shape index (κ3) is 4.16. The van der Waals surface area contributed by atoms with E-state index in [4.69, 9.17) is 10.00 Å². The second kappa shape index (κ2) is 7.70. The van der Waals surface area contributed by atoms with E-state index in [0.29, 0.717) is 24.4 Å². The van der Waals surface area contributed by atoms with Gasteiger partial charge in [0.2, 0.25) is 0 Å². The zero-order chi connectivity index (χ0) is 20.4. The number of rotatable bonds is 6. The van der Waals surface area contributed by atoms with Crippen molar-refractivity contribution in [2.24, 2.45) is 5.92 Å². The minimum absolute atomic E-state index is 0.0245. The van der Waals surface area contributed by atoms with Crippen molar-refractivity contribution in [2.45, 2.75) is 31.2 Å². The van der Waals surface area contributed by atoms with Crippen molar-refractivity contribution >= 4 is 11.6 Å². The van der Waals surface area contributed by atoms with Gasteiger partial charge in [-0.1, -0.05) is 0 Å². The van der Waals surface area contributed by atoms with Crippen LogP contribution >= 0.6 is 0 Å². The standard InChI is InChI=1S/C22H23FN4O2/c1-29-20-3-2-17(23)10-16(20)12-22(6-7-22)26-21(28)19-11-18(4-8-25-19)27-9-5-15(13-24)14-27/h2-4,8,10-11,15H,5-7,9,12,14H2,1H3,(H,26,28)/t15-/m1/s1. The minimum atomic E-state index is -0.393. The predicted molar refractivity (Wildman–Crippen MR) is 106 cm³/mol. The molecular formula is C22H23FN4O2. The first-order chi connectivity index (χ1) is 14.0. The molecule has 0 radical (unpaired) electrons. The van der Waals surface area contributed by atoms with Gasteiger partial charge < -0.3 is 15.0 Å². The molecule has 1 aromatic heterocycles. The Balaban J connectivity index is 1.46. The molecule has 0 unspecified atom stereocenters. The molecule has 150 valence electrons. The fourth-order valence-corrected chi connectivity index (χ4v) is 3.89. The lowest BCUT2D eigenvalue weighted by Crippen LogP contribution is -2.39. The summed E-state index contributed by atoms with van der Waals surface area (Å²) in [4.78, 5) is 19.2. The van der Waals surface area contributed by atoms with Gasteiger partial charge >= 0.3 is 0 Å². The number of nitrogens with zero attached hydrogens (tertiary/aromatic N) is 3. The summed E-state index contributed by atoms with van der Waals surface area (Å²) in [7, 11) is 1.56. The van der Waals surface area contributed by atoms with Crippen molar-refractivity contribution in [3.63, 3.8) is 0 Å². The number of hydrogen-bond donors (Lipinski definition) is 1. The van der Waals surface area contributed by atoms with Gasteiger partial charge in [-0.05, 0) is 61.6 Å². The molecule has 2 fully saturated rings. The van der Waals surface area contributed by atoms with Gasteiger partial charge in [0, 0.05) is 30.5 Å². The molecular weight excluding hydrogens is 371 g/mol. The van der Waals surface area contributed by atoms with Crippen LogP contribution in [-0.2, 0) is 6.42 Å². The number of carbonyl (C=O) groups is 1. The molecule has 1 aliphatic carbocycles. The van der Waals surface area contributed by atoms with Crippen LogP contribution in [0.3, 0.4) is 0 Å². The third-order valence-electron chi connectivity index (χ3n) is 5.72. The zero-order valence-electron chi connectivity index (χ0n) is 16.3. The lowest BCUT2D eigenvalue weighted by molar-refractivity contribution is 0.0926. The fraction of sp³-hybridized carbons (Fsp3) is 0.409. The van der Waals surface area contributed by atoms with Gasteiger partial charge in [-0.15, -0.1) is 0 Å². The summed E-state index contributed by atoms with van der Waals surface area (Å²) in [5.41, 5.74) is 1.60. The number of methoxy groups -OCH3 is 1. The van der Waals surface area contributed by atoms with Gasteiger partial charge in [0.1, 0.15) is 17.3 Å². The number of nitrogens with one attached hydrogen (secondary N) is 1. The number of amides is 1. The molecule has 4 rings (SSSR count). The third-order valence-corrected chi connectivity index (χ3v) is 5.72. The molecule has 1 saturated carbocycles. The van der Waals surface area contributed by atoms with Crippen LogP contribution in [0.25, 0.3) is 0 Å². The van der Waals surface area contributed by atoms with Gasteiger partial charge in [0.15, 0.2) is 0 Å². The molecule has 2 aromatic rings. The maximum atomic E-state index is 13.7. The predicted octanol–water partition coefficient (Wildman–Crippen LogP) is 3.08. The quantitative estimate of drug-likeness (QED) is 0.815. The van der Waals surface area contributed by atoms with E-state index in [-0.39, 0.29) is 17.6 Å². The van der Waals surface area contributed by atoms with Crippen molar-refractivity contribution in [1.29, 1.82) is 5.26 Å². The lowest BCUT2D eigenvalue weighted by Gasteiger charge is -2.20. The Morgan fingerprint density at radius 2 is 2.24 bits per heavy atom. The van der Waals surface area contributed by atoms with E-state index in [2.05, 4.69) is 21.3 Å². The number of benzene rings is 1. The highest BCUT2D eigenvalue weighted by Gasteiger charge is 2.45. The first kappa shape index (κ1) is 19.2. The first-order valence-electron chi connectivity index (χ1n) is 9.77. The lowest BCUT2D eigenvalue weighted by atomic mass is 10.0.